The number of hydrogen-bond donors (Lipinski definition) is 0. The molecule has 22 heavy (non-hydrogen) atoms. The topological polar surface area (TPSA) is 51.1 Å². The van der Waals surface area contributed by atoms with Gasteiger partial charge in [0.25, 0.3) is 0 Å². The Hall–Kier alpha value is -2.22. The monoisotopic (exact) mass is 310 g/mol. The molecule has 0 radical (unpaired) electrons. The van der Waals surface area contributed by atoms with Crippen LogP contribution in [0.3, 0.4) is 0 Å². The summed E-state index contributed by atoms with van der Waals surface area (Å²) >= 11 is 0. The molecule has 2 aromatic heterocycles. The highest BCUT2D eigenvalue weighted by Crippen LogP contribution is 2.31. The van der Waals surface area contributed by atoms with Gasteiger partial charge in [0.05, 0.1) is 24.6 Å². The minimum absolute atomic E-state index is 0.0544. The lowest BCUT2D eigenvalue weighted by atomic mass is 10.2. The molecule has 8 heteroatoms. The minimum Gasteiger partial charge on any atom is -0.378 e. The normalized spacial score (nSPS) is 15.9. The van der Waals surface area contributed by atoms with Crippen molar-refractivity contribution in [1.29, 1.82) is 0 Å². The van der Waals surface area contributed by atoms with Crippen LogP contribution in [0.1, 0.15) is 5.69 Å². The lowest BCUT2D eigenvalue weighted by Gasteiger charge is -2.27. The molecule has 3 rings (SSSR count). The molecule has 0 amide bonds. The number of aromatic nitrogens is 3. The van der Waals surface area contributed by atoms with Gasteiger partial charge in [0, 0.05) is 19.3 Å². The van der Waals surface area contributed by atoms with Crippen LogP contribution in [0.4, 0.5) is 19.1 Å². The molecular weight excluding hydrogens is 297 g/mol. The molecule has 116 valence electrons. The van der Waals surface area contributed by atoms with Gasteiger partial charge in [-0.2, -0.15) is 13.2 Å². The fraction of sp³-hybridized carbons (Fsp3) is 0.357. The van der Waals surface area contributed by atoms with Gasteiger partial charge >= 0.3 is 6.18 Å². The molecular formula is C14H13F3N4O. The first-order valence-corrected chi connectivity index (χ1v) is 6.74. The van der Waals surface area contributed by atoms with Gasteiger partial charge < -0.3 is 9.64 Å². The van der Waals surface area contributed by atoms with Gasteiger partial charge in [-0.05, 0) is 18.2 Å². The Morgan fingerprint density at radius 3 is 2.45 bits per heavy atom. The zero-order valence-corrected chi connectivity index (χ0v) is 11.5. The van der Waals surface area contributed by atoms with Gasteiger partial charge in [-0.25, -0.2) is 9.97 Å². The Morgan fingerprint density at radius 2 is 1.82 bits per heavy atom. The molecule has 0 saturated carbocycles. The number of rotatable bonds is 2. The van der Waals surface area contributed by atoms with Crippen LogP contribution in [-0.2, 0) is 10.9 Å². The molecule has 1 aliphatic rings. The Labute approximate surface area is 124 Å². The van der Waals surface area contributed by atoms with Crippen molar-refractivity contribution in [3.63, 3.8) is 0 Å². The summed E-state index contributed by atoms with van der Waals surface area (Å²) < 4.78 is 44.4. The van der Waals surface area contributed by atoms with Gasteiger partial charge in [0.2, 0.25) is 5.95 Å². The number of pyridine rings is 1. The second-order valence-electron chi connectivity index (χ2n) is 4.75. The highest BCUT2D eigenvalue weighted by atomic mass is 19.4. The van der Waals surface area contributed by atoms with E-state index in [9.17, 15) is 13.2 Å². The van der Waals surface area contributed by atoms with Crippen molar-refractivity contribution in [3.05, 3.63) is 36.2 Å². The fourth-order valence-electron chi connectivity index (χ4n) is 2.13. The first-order chi connectivity index (χ1) is 10.5. The molecule has 0 aliphatic carbocycles. The molecule has 5 nitrogen and oxygen atoms in total. The predicted molar refractivity (Wildman–Crippen MR) is 73.3 cm³/mol. The molecule has 1 fully saturated rings. The predicted octanol–water partition coefficient (Wildman–Crippen LogP) is 2.39. The smallest absolute Gasteiger partial charge is 0.378 e. The second-order valence-corrected chi connectivity index (χ2v) is 4.75. The summed E-state index contributed by atoms with van der Waals surface area (Å²) in [4.78, 5) is 13.6. The number of anilines is 1. The van der Waals surface area contributed by atoms with E-state index in [1.54, 1.807) is 23.1 Å². The molecule has 2 aromatic rings. The largest absolute Gasteiger partial charge is 0.433 e. The maximum Gasteiger partial charge on any atom is 0.433 e. The SMILES string of the molecule is FC(F)(F)c1cc(-c2ccccn2)nc(N2CCOCC2)n1. The number of alkyl halides is 3. The Bertz CT molecular complexity index is 642. The van der Waals surface area contributed by atoms with Crippen molar-refractivity contribution >= 4 is 5.95 Å². The summed E-state index contributed by atoms with van der Waals surface area (Å²) in [6.07, 6.45) is -3.02. The van der Waals surface area contributed by atoms with Crippen LogP contribution in [0.15, 0.2) is 30.5 Å². The number of ether oxygens (including phenoxy) is 1. The van der Waals surface area contributed by atoms with E-state index in [4.69, 9.17) is 4.74 Å². The van der Waals surface area contributed by atoms with Gasteiger partial charge in [-0.15, -0.1) is 0 Å². The zero-order chi connectivity index (χ0) is 15.6. The maximum absolute atomic E-state index is 13.1. The van der Waals surface area contributed by atoms with Crippen molar-refractivity contribution in [2.24, 2.45) is 0 Å². The molecule has 0 bridgehead atoms. The molecule has 1 saturated heterocycles. The average molecular weight is 310 g/mol. The average Bonchev–Trinajstić information content (AvgIpc) is 2.55. The van der Waals surface area contributed by atoms with E-state index < -0.39 is 11.9 Å². The molecule has 0 aromatic carbocycles. The third kappa shape index (κ3) is 3.16. The Morgan fingerprint density at radius 1 is 1.05 bits per heavy atom. The highest BCUT2D eigenvalue weighted by Gasteiger charge is 2.34. The standard InChI is InChI=1S/C14H13F3N4O/c15-14(16,17)12-9-11(10-3-1-2-4-18-10)19-13(20-12)21-5-7-22-8-6-21/h1-4,9H,5-8H2. The molecule has 3 heterocycles. The maximum atomic E-state index is 13.1. The summed E-state index contributed by atoms with van der Waals surface area (Å²) in [7, 11) is 0. The summed E-state index contributed by atoms with van der Waals surface area (Å²) in [5.74, 6) is 0.0544. The van der Waals surface area contributed by atoms with Crippen LogP contribution >= 0.6 is 0 Å². The third-order valence-electron chi connectivity index (χ3n) is 3.23. The van der Waals surface area contributed by atoms with Crippen LogP contribution in [0.2, 0.25) is 0 Å². The van der Waals surface area contributed by atoms with Crippen LogP contribution in [-0.4, -0.2) is 41.3 Å². The van der Waals surface area contributed by atoms with Crippen LogP contribution in [0.25, 0.3) is 11.4 Å². The quantitative estimate of drug-likeness (QED) is 0.852. The van der Waals surface area contributed by atoms with Crippen molar-refractivity contribution in [2.75, 3.05) is 31.2 Å². The number of morpholine rings is 1. The number of hydrogen-bond acceptors (Lipinski definition) is 5. The number of halogens is 3. The van der Waals surface area contributed by atoms with Crippen molar-refractivity contribution in [3.8, 4) is 11.4 Å². The molecule has 0 atom stereocenters. The van der Waals surface area contributed by atoms with E-state index in [-0.39, 0.29) is 11.6 Å². The Kier molecular flexibility index (Phi) is 3.93. The van der Waals surface area contributed by atoms with Crippen molar-refractivity contribution < 1.29 is 17.9 Å². The van der Waals surface area contributed by atoms with Crippen LogP contribution in [0, 0.1) is 0 Å². The van der Waals surface area contributed by atoms with E-state index in [1.807, 2.05) is 0 Å². The van der Waals surface area contributed by atoms with Crippen LogP contribution in [0.5, 0.6) is 0 Å². The van der Waals surface area contributed by atoms with E-state index in [1.165, 1.54) is 6.20 Å². The molecule has 0 N–H and O–H groups in total. The summed E-state index contributed by atoms with van der Waals surface area (Å²) in [6, 6.07) is 5.93. The lowest BCUT2D eigenvalue weighted by molar-refractivity contribution is -0.141. The first kappa shape index (κ1) is 14.7. The highest BCUT2D eigenvalue weighted by molar-refractivity contribution is 5.56. The van der Waals surface area contributed by atoms with E-state index in [0.29, 0.717) is 32.0 Å². The summed E-state index contributed by atoms with van der Waals surface area (Å²) in [6.45, 7) is 1.81. The first-order valence-electron chi connectivity index (χ1n) is 6.74. The summed E-state index contributed by atoms with van der Waals surface area (Å²) in [5.41, 5.74) is -0.432. The van der Waals surface area contributed by atoms with E-state index in [0.717, 1.165) is 6.07 Å². The van der Waals surface area contributed by atoms with Gasteiger partial charge in [-0.1, -0.05) is 6.07 Å². The molecule has 0 spiro atoms. The Balaban J connectivity index is 2.06. The van der Waals surface area contributed by atoms with Crippen LogP contribution < -0.4 is 4.90 Å². The van der Waals surface area contributed by atoms with Gasteiger partial charge in [-0.3, -0.25) is 4.98 Å². The van der Waals surface area contributed by atoms with Gasteiger partial charge in [0.1, 0.15) is 0 Å². The van der Waals surface area contributed by atoms with E-state index >= 15 is 0 Å². The minimum atomic E-state index is -4.53. The fourth-order valence-corrected chi connectivity index (χ4v) is 2.13. The molecule has 1 aliphatic heterocycles. The van der Waals surface area contributed by atoms with E-state index in [2.05, 4.69) is 15.0 Å². The molecule has 0 unspecified atom stereocenters. The van der Waals surface area contributed by atoms with Crippen molar-refractivity contribution in [2.45, 2.75) is 6.18 Å². The third-order valence-corrected chi connectivity index (χ3v) is 3.23. The number of nitrogens with zero attached hydrogens (tertiary/aromatic N) is 4. The summed E-state index contributed by atoms with van der Waals surface area (Å²) in [5, 5.41) is 0. The second kappa shape index (κ2) is 5.88. The zero-order valence-electron chi connectivity index (χ0n) is 11.5. The lowest BCUT2D eigenvalue weighted by Crippen LogP contribution is -2.37. The van der Waals surface area contributed by atoms with Crippen molar-refractivity contribution in [1.82, 2.24) is 15.0 Å². The van der Waals surface area contributed by atoms with Gasteiger partial charge in [0.15, 0.2) is 5.69 Å².